The van der Waals surface area contributed by atoms with E-state index in [1.807, 2.05) is 0 Å². The monoisotopic (exact) mass is 226 g/mol. The predicted molar refractivity (Wildman–Crippen MR) is 50.5 cm³/mol. The molecule has 1 fully saturated rings. The van der Waals surface area contributed by atoms with Crippen LogP contribution in [-0.2, 0) is 4.74 Å². The third kappa shape index (κ3) is 3.32. The Kier molecular flexibility index (Phi) is 4.36. The Hall–Kier alpha value is -0.330. The second-order valence-corrected chi connectivity index (χ2v) is 3.79. The van der Waals surface area contributed by atoms with Gasteiger partial charge in [0.25, 0.3) is 0 Å². The third-order valence-corrected chi connectivity index (χ3v) is 2.78. The molecule has 1 rings (SSSR count). The SMILES string of the molecule is COC1CCCN(C(CN)C(F)(F)F)C1. The van der Waals surface area contributed by atoms with E-state index in [0.29, 0.717) is 13.1 Å². The quantitative estimate of drug-likeness (QED) is 0.779. The fourth-order valence-corrected chi connectivity index (χ4v) is 1.93. The smallest absolute Gasteiger partial charge is 0.380 e. The summed E-state index contributed by atoms with van der Waals surface area (Å²) in [5.74, 6) is 0. The van der Waals surface area contributed by atoms with Gasteiger partial charge in [0, 0.05) is 20.2 Å². The zero-order chi connectivity index (χ0) is 11.5. The van der Waals surface area contributed by atoms with Crippen LogP contribution >= 0.6 is 0 Å². The van der Waals surface area contributed by atoms with Crippen LogP contribution in [0.2, 0.25) is 0 Å². The fourth-order valence-electron chi connectivity index (χ4n) is 1.93. The van der Waals surface area contributed by atoms with Crippen molar-refractivity contribution in [3.05, 3.63) is 0 Å². The van der Waals surface area contributed by atoms with Crippen molar-refractivity contribution in [2.24, 2.45) is 5.73 Å². The number of likely N-dealkylation sites (tertiary alicyclic amines) is 1. The molecule has 1 saturated heterocycles. The maximum Gasteiger partial charge on any atom is 0.405 e. The molecule has 0 aromatic rings. The summed E-state index contributed by atoms with van der Waals surface area (Å²) in [6.07, 6.45) is -2.80. The van der Waals surface area contributed by atoms with Crippen LogP contribution in [0.3, 0.4) is 0 Å². The highest BCUT2D eigenvalue weighted by Gasteiger charge is 2.43. The van der Waals surface area contributed by atoms with Crippen molar-refractivity contribution in [2.75, 3.05) is 26.7 Å². The number of hydrogen-bond acceptors (Lipinski definition) is 3. The maximum absolute atomic E-state index is 12.6. The molecule has 6 heteroatoms. The molecular formula is C9H17F3N2O. The van der Waals surface area contributed by atoms with Crippen LogP contribution in [0.1, 0.15) is 12.8 Å². The molecule has 1 heterocycles. The van der Waals surface area contributed by atoms with Crippen molar-refractivity contribution in [3.8, 4) is 0 Å². The third-order valence-electron chi connectivity index (χ3n) is 2.78. The van der Waals surface area contributed by atoms with Crippen LogP contribution < -0.4 is 5.73 Å². The second-order valence-electron chi connectivity index (χ2n) is 3.79. The molecule has 2 unspecified atom stereocenters. The van der Waals surface area contributed by atoms with Gasteiger partial charge in [-0.1, -0.05) is 0 Å². The summed E-state index contributed by atoms with van der Waals surface area (Å²) in [6, 6.07) is -1.53. The van der Waals surface area contributed by atoms with Gasteiger partial charge in [0.15, 0.2) is 0 Å². The molecule has 2 atom stereocenters. The number of ether oxygens (including phenoxy) is 1. The lowest BCUT2D eigenvalue weighted by Gasteiger charge is -2.37. The Balaban J connectivity index is 2.60. The van der Waals surface area contributed by atoms with Crippen LogP contribution in [0.25, 0.3) is 0 Å². The molecule has 15 heavy (non-hydrogen) atoms. The Morgan fingerprint density at radius 1 is 1.53 bits per heavy atom. The number of methoxy groups -OCH3 is 1. The van der Waals surface area contributed by atoms with Crippen molar-refractivity contribution in [3.63, 3.8) is 0 Å². The van der Waals surface area contributed by atoms with Gasteiger partial charge in [0.05, 0.1) is 6.10 Å². The Morgan fingerprint density at radius 3 is 2.67 bits per heavy atom. The molecule has 0 radical (unpaired) electrons. The maximum atomic E-state index is 12.6. The van der Waals surface area contributed by atoms with E-state index in [0.717, 1.165) is 12.8 Å². The average Bonchev–Trinajstić information content (AvgIpc) is 2.17. The van der Waals surface area contributed by atoms with Gasteiger partial charge in [0.1, 0.15) is 6.04 Å². The summed E-state index contributed by atoms with van der Waals surface area (Å²) in [5, 5.41) is 0. The first-order valence-electron chi connectivity index (χ1n) is 5.02. The van der Waals surface area contributed by atoms with E-state index >= 15 is 0 Å². The summed E-state index contributed by atoms with van der Waals surface area (Å²) in [6.45, 7) is 0.374. The summed E-state index contributed by atoms with van der Waals surface area (Å²) < 4.78 is 42.8. The minimum atomic E-state index is -4.25. The van der Waals surface area contributed by atoms with Crippen LogP contribution in [0.4, 0.5) is 13.2 Å². The number of halogens is 3. The molecule has 1 aliphatic rings. The van der Waals surface area contributed by atoms with E-state index in [1.165, 1.54) is 12.0 Å². The van der Waals surface area contributed by atoms with Gasteiger partial charge in [-0.3, -0.25) is 4.90 Å². The van der Waals surface area contributed by atoms with Crippen LogP contribution in [0.5, 0.6) is 0 Å². The first-order chi connectivity index (χ1) is 6.99. The molecule has 2 N–H and O–H groups in total. The van der Waals surface area contributed by atoms with Crippen molar-refractivity contribution >= 4 is 0 Å². The first-order valence-corrected chi connectivity index (χ1v) is 5.02. The topological polar surface area (TPSA) is 38.5 Å². The minimum Gasteiger partial charge on any atom is -0.380 e. The van der Waals surface area contributed by atoms with Gasteiger partial charge < -0.3 is 10.5 Å². The molecule has 0 bridgehead atoms. The molecule has 0 aromatic carbocycles. The molecule has 90 valence electrons. The normalized spacial score (nSPS) is 26.6. The van der Waals surface area contributed by atoms with E-state index in [4.69, 9.17) is 10.5 Å². The van der Waals surface area contributed by atoms with Crippen LogP contribution in [-0.4, -0.2) is 50.0 Å². The highest BCUT2D eigenvalue weighted by molar-refractivity contribution is 4.84. The Morgan fingerprint density at radius 2 is 2.20 bits per heavy atom. The summed E-state index contributed by atoms with van der Waals surface area (Å²) >= 11 is 0. The van der Waals surface area contributed by atoms with Crippen molar-refractivity contribution in [1.29, 1.82) is 0 Å². The van der Waals surface area contributed by atoms with Crippen LogP contribution in [0.15, 0.2) is 0 Å². The van der Waals surface area contributed by atoms with E-state index in [2.05, 4.69) is 0 Å². The number of piperidine rings is 1. The molecule has 3 nitrogen and oxygen atoms in total. The van der Waals surface area contributed by atoms with Gasteiger partial charge in [0.2, 0.25) is 0 Å². The van der Waals surface area contributed by atoms with Crippen molar-refractivity contribution in [1.82, 2.24) is 4.90 Å². The number of alkyl halides is 3. The lowest BCUT2D eigenvalue weighted by Crippen LogP contribution is -2.54. The standard InChI is InChI=1S/C9H17F3N2O/c1-15-7-3-2-4-14(6-7)8(5-13)9(10,11)12/h7-8H,2-6,13H2,1H3. The molecule has 0 aromatic heterocycles. The number of rotatable bonds is 3. The van der Waals surface area contributed by atoms with Gasteiger partial charge in [-0.15, -0.1) is 0 Å². The number of nitrogens with zero attached hydrogens (tertiary/aromatic N) is 1. The zero-order valence-corrected chi connectivity index (χ0v) is 8.76. The van der Waals surface area contributed by atoms with Gasteiger partial charge >= 0.3 is 6.18 Å². The Labute approximate surface area is 87.4 Å². The largest absolute Gasteiger partial charge is 0.405 e. The van der Waals surface area contributed by atoms with Gasteiger partial charge in [-0.2, -0.15) is 13.2 Å². The van der Waals surface area contributed by atoms with Gasteiger partial charge in [-0.25, -0.2) is 0 Å². The van der Waals surface area contributed by atoms with Gasteiger partial charge in [-0.05, 0) is 19.4 Å². The Bertz CT molecular complexity index is 198. The minimum absolute atomic E-state index is 0.102. The highest BCUT2D eigenvalue weighted by atomic mass is 19.4. The average molecular weight is 226 g/mol. The first kappa shape index (κ1) is 12.7. The lowest BCUT2D eigenvalue weighted by molar-refractivity contribution is -0.187. The van der Waals surface area contributed by atoms with Crippen molar-refractivity contribution in [2.45, 2.75) is 31.2 Å². The molecule has 1 aliphatic heterocycles. The second kappa shape index (κ2) is 5.14. The van der Waals surface area contributed by atoms with E-state index in [-0.39, 0.29) is 12.6 Å². The van der Waals surface area contributed by atoms with E-state index in [9.17, 15) is 13.2 Å². The van der Waals surface area contributed by atoms with Crippen LogP contribution in [0, 0.1) is 0 Å². The molecule has 0 saturated carbocycles. The molecular weight excluding hydrogens is 209 g/mol. The lowest BCUT2D eigenvalue weighted by atomic mass is 10.1. The molecule has 0 aliphatic carbocycles. The predicted octanol–water partition coefficient (Wildman–Crippen LogP) is 0.987. The number of nitrogens with two attached hydrogens (primary N) is 1. The molecule has 0 spiro atoms. The molecule has 0 amide bonds. The number of hydrogen-bond donors (Lipinski definition) is 1. The van der Waals surface area contributed by atoms with E-state index < -0.39 is 12.2 Å². The summed E-state index contributed by atoms with van der Waals surface area (Å²) in [5.41, 5.74) is 5.17. The highest BCUT2D eigenvalue weighted by Crippen LogP contribution is 2.27. The zero-order valence-electron chi connectivity index (χ0n) is 8.76. The van der Waals surface area contributed by atoms with Crippen molar-refractivity contribution < 1.29 is 17.9 Å². The van der Waals surface area contributed by atoms with E-state index in [1.54, 1.807) is 0 Å². The fraction of sp³-hybridized carbons (Fsp3) is 1.00. The summed E-state index contributed by atoms with van der Waals surface area (Å²) in [4.78, 5) is 1.37. The summed E-state index contributed by atoms with van der Waals surface area (Å²) in [7, 11) is 1.53.